The monoisotopic (exact) mass is 311 g/mol. The van der Waals surface area contributed by atoms with Gasteiger partial charge in [-0.1, -0.05) is 13.8 Å². The molecule has 3 atom stereocenters. The van der Waals surface area contributed by atoms with E-state index >= 15 is 0 Å². The molecule has 3 unspecified atom stereocenters. The van der Waals surface area contributed by atoms with Crippen LogP contribution in [0.1, 0.15) is 33.1 Å². The van der Waals surface area contributed by atoms with Crippen LogP contribution >= 0.6 is 12.4 Å². The van der Waals surface area contributed by atoms with Crippen LogP contribution in [0.3, 0.4) is 0 Å². The van der Waals surface area contributed by atoms with Crippen molar-refractivity contribution in [1.29, 1.82) is 0 Å². The lowest BCUT2D eigenvalue weighted by atomic mass is 9.97. The minimum absolute atomic E-state index is 0. The molecule has 0 amide bonds. The Balaban J connectivity index is 0.00000180. The first-order chi connectivity index (χ1) is 8.49. The number of hydrogen-bond donors (Lipinski definition) is 2. The molecule has 0 aromatic carbocycles. The van der Waals surface area contributed by atoms with Crippen molar-refractivity contribution in [1.82, 2.24) is 14.3 Å². The largest absolute Gasteiger partial charge is 0.316 e. The third-order valence-corrected chi connectivity index (χ3v) is 5.66. The minimum atomic E-state index is -3.29. The third kappa shape index (κ3) is 4.56. The van der Waals surface area contributed by atoms with Crippen molar-refractivity contribution < 1.29 is 8.42 Å². The van der Waals surface area contributed by atoms with E-state index in [0.717, 1.165) is 32.4 Å². The maximum absolute atomic E-state index is 12.3. The molecule has 0 bridgehead atoms. The van der Waals surface area contributed by atoms with Crippen molar-refractivity contribution in [3.05, 3.63) is 0 Å². The fraction of sp³-hybridized carbons (Fsp3) is 1.00. The maximum atomic E-state index is 12.3. The first kappa shape index (κ1) is 17.2. The maximum Gasteiger partial charge on any atom is 0.279 e. The minimum Gasteiger partial charge on any atom is -0.316 e. The summed E-state index contributed by atoms with van der Waals surface area (Å²) in [6.45, 7) is 7.33. The molecule has 5 nitrogen and oxygen atoms in total. The van der Waals surface area contributed by atoms with Crippen molar-refractivity contribution in [2.45, 2.75) is 39.2 Å². The van der Waals surface area contributed by atoms with Gasteiger partial charge in [0.05, 0.1) is 0 Å². The molecule has 2 aliphatic rings. The van der Waals surface area contributed by atoms with E-state index < -0.39 is 10.2 Å². The van der Waals surface area contributed by atoms with Crippen molar-refractivity contribution in [3.8, 4) is 0 Å². The Morgan fingerprint density at radius 3 is 2.63 bits per heavy atom. The van der Waals surface area contributed by atoms with Crippen LogP contribution in [-0.4, -0.2) is 44.9 Å². The average Bonchev–Trinajstić information content (AvgIpc) is 2.32. The van der Waals surface area contributed by atoms with E-state index in [9.17, 15) is 8.42 Å². The Labute approximate surface area is 123 Å². The summed E-state index contributed by atoms with van der Waals surface area (Å²) in [5.41, 5.74) is 0. The third-order valence-electron chi connectivity index (χ3n) is 4.05. The predicted octanol–water partition coefficient (Wildman–Crippen LogP) is 0.972. The molecule has 7 heteroatoms. The summed E-state index contributed by atoms with van der Waals surface area (Å²) in [7, 11) is -3.29. The number of halogens is 1. The average molecular weight is 312 g/mol. The molecule has 19 heavy (non-hydrogen) atoms. The highest BCUT2D eigenvalue weighted by Gasteiger charge is 2.31. The quantitative estimate of drug-likeness (QED) is 0.816. The molecule has 2 N–H and O–H groups in total. The van der Waals surface area contributed by atoms with Gasteiger partial charge in [-0.25, -0.2) is 0 Å². The molecule has 2 saturated heterocycles. The molecule has 2 heterocycles. The molecular formula is C12H26ClN3O2S. The van der Waals surface area contributed by atoms with Crippen LogP contribution < -0.4 is 10.0 Å². The molecule has 2 fully saturated rings. The molecular weight excluding hydrogens is 286 g/mol. The summed E-state index contributed by atoms with van der Waals surface area (Å²) in [4.78, 5) is 0. The van der Waals surface area contributed by atoms with Gasteiger partial charge >= 0.3 is 0 Å². The molecule has 114 valence electrons. The van der Waals surface area contributed by atoms with Gasteiger partial charge in [0.15, 0.2) is 0 Å². The number of nitrogens with one attached hydrogen (secondary N) is 2. The summed E-state index contributed by atoms with van der Waals surface area (Å²) in [5, 5.41) is 3.29. The van der Waals surface area contributed by atoms with E-state index in [4.69, 9.17) is 0 Å². The van der Waals surface area contributed by atoms with Crippen molar-refractivity contribution in [2.75, 3.05) is 26.2 Å². The van der Waals surface area contributed by atoms with E-state index in [1.165, 1.54) is 0 Å². The van der Waals surface area contributed by atoms with Gasteiger partial charge in [-0.3, -0.25) is 0 Å². The fourth-order valence-corrected chi connectivity index (χ4v) is 4.52. The van der Waals surface area contributed by atoms with Crippen LogP contribution in [0, 0.1) is 11.8 Å². The summed E-state index contributed by atoms with van der Waals surface area (Å²) < 4.78 is 29.2. The van der Waals surface area contributed by atoms with E-state index in [-0.39, 0.29) is 18.4 Å². The van der Waals surface area contributed by atoms with Crippen molar-refractivity contribution >= 4 is 22.6 Å². The van der Waals surface area contributed by atoms with Crippen LogP contribution in [0.25, 0.3) is 0 Å². The lowest BCUT2D eigenvalue weighted by Crippen LogP contribution is -2.53. The summed E-state index contributed by atoms with van der Waals surface area (Å²) in [6.07, 6.45) is 2.99. The van der Waals surface area contributed by atoms with Gasteiger partial charge in [-0.2, -0.15) is 17.4 Å². The second kappa shape index (κ2) is 7.22. The molecule has 0 radical (unpaired) electrons. The SMILES string of the molecule is CC1CCCN(S(=O)(=O)NC2CCNCC2C)C1.Cl. The molecule has 2 aliphatic heterocycles. The second-order valence-corrected chi connectivity index (χ2v) is 7.51. The van der Waals surface area contributed by atoms with Crippen molar-refractivity contribution in [3.63, 3.8) is 0 Å². The molecule has 0 spiro atoms. The standard InChI is InChI=1S/C12H25N3O2S.ClH/c1-10-4-3-7-15(9-10)18(16,17)14-12-5-6-13-8-11(12)2;/h10-14H,3-9H2,1-2H3;1H. The molecule has 2 rings (SSSR count). The molecule has 0 saturated carbocycles. The van der Waals surface area contributed by atoms with Gasteiger partial charge in [-0.05, 0) is 44.2 Å². The Morgan fingerprint density at radius 1 is 1.26 bits per heavy atom. The van der Waals surface area contributed by atoms with E-state index in [2.05, 4.69) is 23.9 Å². The molecule has 0 aliphatic carbocycles. The van der Waals surface area contributed by atoms with Gasteiger partial charge in [0.1, 0.15) is 0 Å². The van der Waals surface area contributed by atoms with E-state index in [1.807, 2.05) is 0 Å². The number of nitrogens with zero attached hydrogens (tertiary/aromatic N) is 1. The Morgan fingerprint density at radius 2 is 2.00 bits per heavy atom. The van der Waals surface area contributed by atoms with Crippen molar-refractivity contribution in [2.24, 2.45) is 11.8 Å². The zero-order chi connectivity index (χ0) is 13.2. The molecule has 0 aromatic heterocycles. The summed E-state index contributed by atoms with van der Waals surface area (Å²) in [5.74, 6) is 0.830. The van der Waals surface area contributed by atoms with Crippen LogP contribution in [0.4, 0.5) is 0 Å². The van der Waals surface area contributed by atoms with Crippen LogP contribution in [0.2, 0.25) is 0 Å². The van der Waals surface area contributed by atoms with E-state index in [1.54, 1.807) is 4.31 Å². The second-order valence-electron chi connectivity index (χ2n) is 5.80. The van der Waals surface area contributed by atoms with Crippen LogP contribution in [0.5, 0.6) is 0 Å². The highest BCUT2D eigenvalue weighted by Crippen LogP contribution is 2.19. The van der Waals surface area contributed by atoms with Crippen LogP contribution in [-0.2, 0) is 10.2 Å². The number of piperidine rings is 2. The van der Waals surface area contributed by atoms with Gasteiger partial charge in [0.2, 0.25) is 0 Å². The van der Waals surface area contributed by atoms with Gasteiger partial charge in [-0.15, -0.1) is 12.4 Å². The molecule has 0 aromatic rings. The Kier molecular flexibility index (Phi) is 6.53. The van der Waals surface area contributed by atoms with Gasteiger partial charge in [0.25, 0.3) is 10.2 Å². The number of hydrogen-bond acceptors (Lipinski definition) is 3. The zero-order valence-electron chi connectivity index (χ0n) is 11.8. The normalized spacial score (nSPS) is 33.7. The highest BCUT2D eigenvalue weighted by atomic mass is 35.5. The van der Waals surface area contributed by atoms with E-state index in [0.29, 0.717) is 24.9 Å². The predicted molar refractivity (Wildman–Crippen MR) is 79.7 cm³/mol. The first-order valence-corrected chi connectivity index (χ1v) is 8.41. The topological polar surface area (TPSA) is 61.4 Å². The fourth-order valence-electron chi connectivity index (χ4n) is 2.82. The van der Waals surface area contributed by atoms with Crippen LogP contribution in [0.15, 0.2) is 0 Å². The van der Waals surface area contributed by atoms with Gasteiger partial charge in [0, 0.05) is 19.1 Å². The highest BCUT2D eigenvalue weighted by molar-refractivity contribution is 7.87. The first-order valence-electron chi connectivity index (χ1n) is 6.97. The number of rotatable bonds is 3. The lowest BCUT2D eigenvalue weighted by Gasteiger charge is -2.34. The Bertz CT molecular complexity index is 377. The zero-order valence-corrected chi connectivity index (χ0v) is 13.4. The lowest BCUT2D eigenvalue weighted by molar-refractivity contribution is 0.267. The smallest absolute Gasteiger partial charge is 0.279 e. The summed E-state index contributed by atoms with van der Waals surface area (Å²) in [6, 6.07) is 0.0773. The Hall–Kier alpha value is 0.120. The summed E-state index contributed by atoms with van der Waals surface area (Å²) >= 11 is 0. The van der Waals surface area contributed by atoms with Gasteiger partial charge < -0.3 is 5.32 Å².